The van der Waals surface area contributed by atoms with Crippen molar-refractivity contribution in [1.29, 1.82) is 0 Å². The third-order valence-electron chi connectivity index (χ3n) is 4.00. The van der Waals surface area contributed by atoms with Crippen molar-refractivity contribution in [3.8, 4) is 0 Å². The van der Waals surface area contributed by atoms with Crippen molar-refractivity contribution in [3.05, 3.63) is 16.1 Å². The second kappa shape index (κ2) is 13.3. The van der Waals surface area contributed by atoms with Crippen LogP contribution in [0, 0.1) is 0 Å². The Labute approximate surface area is 171 Å². The molecule has 0 spiro atoms. The summed E-state index contributed by atoms with van der Waals surface area (Å²) < 4.78 is 0. The molecule has 2 amide bonds. The number of nitrogens with one attached hydrogen (secondary N) is 2. The molecule has 0 aliphatic carbocycles. The first-order valence-corrected chi connectivity index (χ1v) is 9.44. The SMILES string of the molecule is CCCNC(=O)CN1CCC(NC(=O)c2csc(CCN)n2)CC1.Cl.Cl. The van der Waals surface area contributed by atoms with Crippen LogP contribution in [0.2, 0.25) is 0 Å². The van der Waals surface area contributed by atoms with Crippen LogP contribution in [0.25, 0.3) is 0 Å². The minimum absolute atomic E-state index is 0. The van der Waals surface area contributed by atoms with Gasteiger partial charge in [0, 0.05) is 37.5 Å². The highest BCUT2D eigenvalue weighted by molar-refractivity contribution is 7.09. The van der Waals surface area contributed by atoms with E-state index in [9.17, 15) is 9.59 Å². The van der Waals surface area contributed by atoms with Gasteiger partial charge in [0.15, 0.2) is 0 Å². The largest absolute Gasteiger partial charge is 0.355 e. The van der Waals surface area contributed by atoms with Gasteiger partial charge in [0.1, 0.15) is 5.69 Å². The molecule has 10 heteroatoms. The highest BCUT2D eigenvalue weighted by Crippen LogP contribution is 2.13. The number of likely N-dealkylation sites (tertiary alicyclic amines) is 1. The second-order valence-corrected chi connectivity index (χ2v) is 6.98. The molecule has 1 aromatic heterocycles. The maximum absolute atomic E-state index is 12.2. The van der Waals surface area contributed by atoms with Gasteiger partial charge in [-0.25, -0.2) is 4.98 Å². The number of hydrogen-bond acceptors (Lipinski definition) is 6. The summed E-state index contributed by atoms with van der Waals surface area (Å²) in [4.78, 5) is 30.4. The van der Waals surface area contributed by atoms with E-state index in [0.717, 1.165) is 43.9 Å². The Kier molecular flexibility index (Phi) is 12.8. The predicted octanol–water partition coefficient (Wildman–Crippen LogP) is 1.21. The Morgan fingerprint density at radius 1 is 1.35 bits per heavy atom. The van der Waals surface area contributed by atoms with Crippen LogP contribution in [0.5, 0.6) is 0 Å². The van der Waals surface area contributed by atoms with Crippen molar-refractivity contribution in [3.63, 3.8) is 0 Å². The topological polar surface area (TPSA) is 100 Å². The summed E-state index contributed by atoms with van der Waals surface area (Å²) in [5.74, 6) is -0.0390. The van der Waals surface area contributed by atoms with E-state index in [0.29, 0.717) is 25.2 Å². The standard InChI is InChI=1S/C16H27N5O2S.2ClH/c1-2-7-18-14(22)10-21-8-4-12(5-9-21)19-16(23)13-11-24-15(20-13)3-6-17;;/h11-12H,2-10,17H2,1H3,(H,18,22)(H,19,23);2*1H. The molecule has 0 radical (unpaired) electrons. The normalized spacial score (nSPS) is 14.8. The molecule has 2 rings (SSSR count). The van der Waals surface area contributed by atoms with Gasteiger partial charge < -0.3 is 16.4 Å². The van der Waals surface area contributed by atoms with Gasteiger partial charge in [0.05, 0.1) is 11.6 Å². The van der Waals surface area contributed by atoms with E-state index in [-0.39, 0.29) is 42.7 Å². The van der Waals surface area contributed by atoms with Crippen LogP contribution in [-0.4, -0.2) is 60.5 Å². The van der Waals surface area contributed by atoms with Crippen molar-refractivity contribution < 1.29 is 9.59 Å². The number of aromatic nitrogens is 1. The molecule has 1 fully saturated rings. The predicted molar refractivity (Wildman–Crippen MR) is 110 cm³/mol. The van der Waals surface area contributed by atoms with E-state index >= 15 is 0 Å². The van der Waals surface area contributed by atoms with Gasteiger partial charge in [0.2, 0.25) is 5.91 Å². The number of nitrogens with two attached hydrogens (primary N) is 1. The van der Waals surface area contributed by atoms with E-state index < -0.39 is 0 Å². The van der Waals surface area contributed by atoms with Gasteiger partial charge in [-0.05, 0) is 25.8 Å². The minimum Gasteiger partial charge on any atom is -0.355 e. The van der Waals surface area contributed by atoms with Gasteiger partial charge >= 0.3 is 0 Å². The summed E-state index contributed by atoms with van der Waals surface area (Å²) in [5, 5.41) is 8.62. The smallest absolute Gasteiger partial charge is 0.270 e. The molecular weight excluding hydrogens is 397 g/mol. The fourth-order valence-electron chi connectivity index (χ4n) is 2.67. The zero-order chi connectivity index (χ0) is 17.4. The second-order valence-electron chi connectivity index (χ2n) is 6.04. The van der Waals surface area contributed by atoms with E-state index in [1.165, 1.54) is 11.3 Å². The zero-order valence-corrected chi connectivity index (χ0v) is 17.5. The molecule has 1 aliphatic rings. The van der Waals surface area contributed by atoms with Crippen LogP contribution in [-0.2, 0) is 11.2 Å². The number of carbonyl (C=O) groups excluding carboxylic acids is 2. The van der Waals surface area contributed by atoms with E-state index in [1.54, 1.807) is 5.38 Å². The van der Waals surface area contributed by atoms with Gasteiger partial charge in [-0.3, -0.25) is 14.5 Å². The third-order valence-corrected chi connectivity index (χ3v) is 4.91. The molecule has 1 aliphatic heterocycles. The number of thiazole rings is 1. The molecule has 0 saturated carbocycles. The summed E-state index contributed by atoms with van der Waals surface area (Å²) in [7, 11) is 0. The number of rotatable bonds is 8. The Morgan fingerprint density at radius 2 is 2.04 bits per heavy atom. The van der Waals surface area contributed by atoms with Crippen molar-refractivity contribution in [2.45, 2.75) is 38.6 Å². The monoisotopic (exact) mass is 425 g/mol. The molecule has 0 atom stereocenters. The Hall–Kier alpha value is -0.930. The van der Waals surface area contributed by atoms with Crippen LogP contribution in [0.4, 0.5) is 0 Å². The van der Waals surface area contributed by atoms with Crippen LogP contribution < -0.4 is 16.4 Å². The van der Waals surface area contributed by atoms with Crippen LogP contribution in [0.3, 0.4) is 0 Å². The first-order valence-electron chi connectivity index (χ1n) is 8.56. The lowest BCUT2D eigenvalue weighted by molar-refractivity contribution is -0.122. The molecule has 1 saturated heterocycles. The van der Waals surface area contributed by atoms with Crippen molar-refractivity contribution >= 4 is 48.0 Å². The number of carbonyl (C=O) groups is 2. The fourth-order valence-corrected chi connectivity index (χ4v) is 3.47. The average molecular weight is 426 g/mol. The fraction of sp³-hybridized carbons (Fsp3) is 0.688. The van der Waals surface area contributed by atoms with Crippen LogP contribution in [0.15, 0.2) is 5.38 Å². The molecular formula is C16H29Cl2N5O2S. The van der Waals surface area contributed by atoms with E-state index in [4.69, 9.17) is 5.73 Å². The van der Waals surface area contributed by atoms with Gasteiger partial charge in [-0.15, -0.1) is 36.2 Å². The quantitative estimate of drug-likeness (QED) is 0.580. The molecule has 2 heterocycles. The summed E-state index contributed by atoms with van der Waals surface area (Å²) in [5.41, 5.74) is 5.98. The summed E-state index contributed by atoms with van der Waals surface area (Å²) in [6, 6.07) is 0.145. The number of piperidine rings is 1. The van der Waals surface area contributed by atoms with Gasteiger partial charge in [-0.1, -0.05) is 6.92 Å². The minimum atomic E-state index is -0.117. The molecule has 0 bridgehead atoms. The lowest BCUT2D eigenvalue weighted by Gasteiger charge is -2.31. The zero-order valence-electron chi connectivity index (χ0n) is 15.0. The Morgan fingerprint density at radius 3 is 2.65 bits per heavy atom. The van der Waals surface area contributed by atoms with Crippen molar-refractivity contribution in [2.24, 2.45) is 5.73 Å². The van der Waals surface area contributed by atoms with Gasteiger partial charge in [0.25, 0.3) is 5.91 Å². The van der Waals surface area contributed by atoms with Crippen molar-refractivity contribution in [1.82, 2.24) is 20.5 Å². The Bertz CT molecular complexity index is 550. The lowest BCUT2D eigenvalue weighted by Crippen LogP contribution is -2.47. The molecule has 1 aromatic rings. The highest BCUT2D eigenvalue weighted by atomic mass is 35.5. The summed E-state index contributed by atoms with van der Waals surface area (Å²) in [6.45, 7) is 5.38. The lowest BCUT2D eigenvalue weighted by atomic mass is 10.0. The number of amides is 2. The summed E-state index contributed by atoms with van der Waals surface area (Å²) >= 11 is 1.47. The molecule has 4 N–H and O–H groups in total. The maximum Gasteiger partial charge on any atom is 0.270 e. The first kappa shape index (κ1) is 25.1. The Balaban J connectivity index is 0.00000312. The number of hydrogen-bond donors (Lipinski definition) is 3. The van der Waals surface area contributed by atoms with Crippen LogP contribution in [0.1, 0.15) is 41.7 Å². The highest BCUT2D eigenvalue weighted by Gasteiger charge is 2.23. The first-order chi connectivity index (χ1) is 11.6. The van der Waals surface area contributed by atoms with Crippen molar-refractivity contribution in [2.75, 3.05) is 32.7 Å². The third kappa shape index (κ3) is 8.18. The number of nitrogens with zero attached hydrogens (tertiary/aromatic N) is 2. The molecule has 7 nitrogen and oxygen atoms in total. The summed E-state index contributed by atoms with van der Waals surface area (Å²) in [6.07, 6.45) is 3.36. The molecule has 150 valence electrons. The molecule has 0 unspecified atom stereocenters. The van der Waals surface area contributed by atoms with Crippen LogP contribution >= 0.6 is 36.2 Å². The molecule has 0 aromatic carbocycles. The average Bonchev–Trinajstić information content (AvgIpc) is 3.04. The van der Waals surface area contributed by atoms with E-state index in [2.05, 4.69) is 20.5 Å². The van der Waals surface area contributed by atoms with Gasteiger partial charge in [-0.2, -0.15) is 0 Å². The molecule has 26 heavy (non-hydrogen) atoms. The number of halogens is 2. The maximum atomic E-state index is 12.2. The van der Waals surface area contributed by atoms with E-state index in [1.807, 2.05) is 6.92 Å².